The standard InChI is InChI=1S/C18H22N4OS/c1-6-15-8-16-17(24-15)19-10-21(18(16)23)20-9-14-7-12(4)22(11(2)3)13(14)5/h7-11H,6H2,1-5H3/b20-9-. The molecule has 0 aliphatic rings. The third-order valence-corrected chi connectivity index (χ3v) is 5.38. The Morgan fingerprint density at radius 2 is 2.08 bits per heavy atom. The van der Waals surface area contributed by atoms with Gasteiger partial charge in [-0.3, -0.25) is 4.79 Å². The third kappa shape index (κ3) is 2.82. The van der Waals surface area contributed by atoms with E-state index in [0.717, 1.165) is 27.4 Å². The van der Waals surface area contributed by atoms with Crippen LogP contribution in [0.5, 0.6) is 0 Å². The highest BCUT2D eigenvalue weighted by atomic mass is 32.1. The monoisotopic (exact) mass is 342 g/mol. The molecule has 3 rings (SSSR count). The number of aromatic nitrogens is 3. The first-order chi connectivity index (χ1) is 11.4. The first-order valence-corrected chi connectivity index (χ1v) is 8.96. The van der Waals surface area contributed by atoms with Gasteiger partial charge in [-0.1, -0.05) is 6.92 Å². The van der Waals surface area contributed by atoms with E-state index in [4.69, 9.17) is 0 Å². The molecule has 0 aromatic carbocycles. The van der Waals surface area contributed by atoms with Gasteiger partial charge in [0.2, 0.25) is 0 Å². The Bertz CT molecular complexity index is 975. The van der Waals surface area contributed by atoms with Crippen LogP contribution in [0.1, 0.15) is 48.6 Å². The molecule has 5 nitrogen and oxygen atoms in total. The average Bonchev–Trinajstić information content (AvgIpc) is 3.08. The Morgan fingerprint density at radius 3 is 2.71 bits per heavy atom. The lowest BCUT2D eigenvalue weighted by atomic mass is 10.2. The summed E-state index contributed by atoms with van der Waals surface area (Å²) in [6, 6.07) is 4.41. The Hall–Kier alpha value is -2.21. The van der Waals surface area contributed by atoms with E-state index in [9.17, 15) is 4.79 Å². The topological polar surface area (TPSA) is 52.2 Å². The number of hydrogen-bond donors (Lipinski definition) is 0. The molecule has 0 N–H and O–H groups in total. The van der Waals surface area contributed by atoms with Crippen LogP contribution in [0.3, 0.4) is 0 Å². The predicted octanol–water partition coefficient (Wildman–Crippen LogP) is 3.90. The van der Waals surface area contributed by atoms with Crippen molar-refractivity contribution in [3.8, 4) is 0 Å². The van der Waals surface area contributed by atoms with Crippen LogP contribution in [0.25, 0.3) is 10.2 Å². The highest BCUT2D eigenvalue weighted by molar-refractivity contribution is 7.18. The van der Waals surface area contributed by atoms with Gasteiger partial charge in [0.25, 0.3) is 5.56 Å². The van der Waals surface area contributed by atoms with Gasteiger partial charge in [0.15, 0.2) is 0 Å². The van der Waals surface area contributed by atoms with E-state index >= 15 is 0 Å². The SMILES string of the molecule is CCc1cc2c(=O)n(/N=C\c3cc(C)n(C(C)C)c3C)cnc2s1. The molecule has 6 heteroatoms. The largest absolute Gasteiger partial charge is 0.346 e. The van der Waals surface area contributed by atoms with E-state index in [1.165, 1.54) is 16.7 Å². The van der Waals surface area contributed by atoms with E-state index in [-0.39, 0.29) is 5.56 Å². The van der Waals surface area contributed by atoms with Crippen molar-refractivity contribution in [1.82, 2.24) is 14.2 Å². The van der Waals surface area contributed by atoms with Crippen molar-refractivity contribution < 1.29 is 0 Å². The molecule has 0 spiro atoms. The van der Waals surface area contributed by atoms with E-state index in [1.54, 1.807) is 17.6 Å². The molecule has 0 saturated heterocycles. The van der Waals surface area contributed by atoms with Crippen LogP contribution in [0.4, 0.5) is 0 Å². The summed E-state index contributed by atoms with van der Waals surface area (Å²) in [5.41, 5.74) is 3.24. The molecule has 0 unspecified atom stereocenters. The van der Waals surface area contributed by atoms with Crippen molar-refractivity contribution in [1.29, 1.82) is 0 Å². The van der Waals surface area contributed by atoms with Crippen LogP contribution in [0, 0.1) is 13.8 Å². The van der Waals surface area contributed by atoms with Crippen molar-refractivity contribution >= 4 is 27.8 Å². The summed E-state index contributed by atoms with van der Waals surface area (Å²) in [6.45, 7) is 10.6. The first-order valence-electron chi connectivity index (χ1n) is 8.15. The molecule has 0 bridgehead atoms. The third-order valence-electron chi connectivity index (χ3n) is 4.20. The van der Waals surface area contributed by atoms with Gasteiger partial charge in [-0.2, -0.15) is 9.78 Å². The first kappa shape index (κ1) is 16.6. The zero-order valence-electron chi connectivity index (χ0n) is 14.7. The molecule has 0 radical (unpaired) electrons. The minimum absolute atomic E-state index is 0.120. The van der Waals surface area contributed by atoms with Gasteiger partial charge >= 0.3 is 0 Å². The number of nitrogens with zero attached hydrogens (tertiary/aromatic N) is 4. The predicted molar refractivity (Wildman–Crippen MR) is 101 cm³/mol. The Balaban J connectivity index is 2.01. The minimum atomic E-state index is -0.120. The van der Waals surface area contributed by atoms with Crippen LogP contribution >= 0.6 is 11.3 Å². The molecule has 0 aliphatic heterocycles. The fourth-order valence-corrected chi connectivity index (χ4v) is 4.00. The normalized spacial score (nSPS) is 12.1. The maximum atomic E-state index is 12.6. The molecule has 0 amide bonds. The second-order valence-electron chi connectivity index (χ2n) is 6.21. The smallest absolute Gasteiger partial charge is 0.282 e. The zero-order chi connectivity index (χ0) is 17.4. The lowest BCUT2D eigenvalue weighted by molar-refractivity contribution is 0.574. The van der Waals surface area contributed by atoms with Gasteiger partial charge in [-0.15, -0.1) is 11.3 Å². The number of thiophene rings is 1. The second kappa shape index (κ2) is 6.36. The van der Waals surface area contributed by atoms with Gasteiger partial charge in [0.1, 0.15) is 11.2 Å². The molecule has 126 valence electrons. The summed E-state index contributed by atoms with van der Waals surface area (Å²) in [6.07, 6.45) is 4.15. The number of rotatable bonds is 4. The fourth-order valence-electron chi connectivity index (χ4n) is 3.07. The van der Waals surface area contributed by atoms with Crippen LogP contribution in [0.15, 0.2) is 28.4 Å². The van der Waals surface area contributed by atoms with E-state index in [2.05, 4.69) is 55.3 Å². The molecule has 24 heavy (non-hydrogen) atoms. The van der Waals surface area contributed by atoms with Crippen molar-refractivity contribution in [2.75, 3.05) is 0 Å². The summed E-state index contributed by atoms with van der Waals surface area (Å²) < 4.78 is 3.58. The van der Waals surface area contributed by atoms with Crippen LogP contribution in [0.2, 0.25) is 0 Å². The Kier molecular flexibility index (Phi) is 4.41. The summed E-state index contributed by atoms with van der Waals surface area (Å²) in [5.74, 6) is 0. The zero-order valence-corrected chi connectivity index (χ0v) is 15.5. The van der Waals surface area contributed by atoms with Gasteiger partial charge in [-0.25, -0.2) is 4.98 Å². The van der Waals surface area contributed by atoms with E-state index in [0.29, 0.717) is 11.4 Å². The number of hydrogen-bond acceptors (Lipinski definition) is 4. The molecular formula is C18H22N4OS. The Morgan fingerprint density at radius 1 is 1.33 bits per heavy atom. The summed E-state index contributed by atoms with van der Waals surface area (Å²) >= 11 is 1.57. The highest BCUT2D eigenvalue weighted by Crippen LogP contribution is 2.21. The molecule has 0 aliphatic carbocycles. The van der Waals surface area contributed by atoms with Crippen molar-refractivity contribution in [3.63, 3.8) is 0 Å². The van der Waals surface area contributed by atoms with Crippen LogP contribution in [-0.2, 0) is 6.42 Å². The van der Waals surface area contributed by atoms with E-state index < -0.39 is 0 Å². The quantitative estimate of drug-likeness (QED) is 0.675. The van der Waals surface area contributed by atoms with Gasteiger partial charge in [0, 0.05) is 27.9 Å². The van der Waals surface area contributed by atoms with Crippen LogP contribution in [-0.4, -0.2) is 20.4 Å². The fraction of sp³-hybridized carbons (Fsp3) is 0.389. The van der Waals surface area contributed by atoms with Crippen molar-refractivity contribution in [2.45, 2.75) is 47.1 Å². The molecule has 3 aromatic rings. The summed E-state index contributed by atoms with van der Waals surface area (Å²) in [7, 11) is 0. The maximum Gasteiger partial charge on any atom is 0.282 e. The van der Waals surface area contributed by atoms with Crippen molar-refractivity contribution in [2.24, 2.45) is 5.10 Å². The highest BCUT2D eigenvalue weighted by Gasteiger charge is 2.11. The van der Waals surface area contributed by atoms with Gasteiger partial charge in [0.05, 0.1) is 11.6 Å². The van der Waals surface area contributed by atoms with E-state index in [1.807, 2.05) is 6.07 Å². The second-order valence-corrected chi connectivity index (χ2v) is 7.33. The minimum Gasteiger partial charge on any atom is -0.346 e. The Labute approximate surface area is 145 Å². The van der Waals surface area contributed by atoms with Crippen LogP contribution < -0.4 is 5.56 Å². The summed E-state index contributed by atoms with van der Waals surface area (Å²) in [5, 5.41) is 4.99. The summed E-state index contributed by atoms with van der Waals surface area (Å²) in [4.78, 5) is 18.9. The molecule has 0 atom stereocenters. The lowest BCUT2D eigenvalue weighted by Crippen LogP contribution is -2.16. The van der Waals surface area contributed by atoms with Gasteiger partial charge in [-0.05, 0) is 46.2 Å². The lowest BCUT2D eigenvalue weighted by Gasteiger charge is -2.13. The number of aryl methyl sites for hydroxylation is 2. The molecular weight excluding hydrogens is 320 g/mol. The number of fused-ring (bicyclic) bond motifs is 1. The van der Waals surface area contributed by atoms with Crippen molar-refractivity contribution in [3.05, 3.63) is 50.6 Å². The average molecular weight is 342 g/mol. The molecule has 0 fully saturated rings. The molecule has 3 heterocycles. The maximum absolute atomic E-state index is 12.6. The molecule has 0 saturated carbocycles. The molecule has 3 aromatic heterocycles. The van der Waals surface area contributed by atoms with Gasteiger partial charge < -0.3 is 4.57 Å².